The number of ether oxygens (including phenoxy) is 1. The van der Waals surface area contributed by atoms with Gasteiger partial charge in [-0.1, -0.05) is 30.3 Å². The fraction of sp³-hybridized carbons (Fsp3) is 0.300. The minimum absolute atomic E-state index is 0.119. The second-order valence-electron chi connectivity index (χ2n) is 6.05. The summed E-state index contributed by atoms with van der Waals surface area (Å²) in [5, 5.41) is 2.82. The Morgan fingerprint density at radius 2 is 2.00 bits per heavy atom. The number of carbonyl (C=O) groups is 2. The molecule has 25 heavy (non-hydrogen) atoms. The third-order valence-electron chi connectivity index (χ3n) is 4.37. The Hall–Kier alpha value is -2.82. The Kier molecular flexibility index (Phi) is 5.33. The third-order valence-corrected chi connectivity index (χ3v) is 4.37. The number of hydrogen-bond donors (Lipinski definition) is 1. The van der Waals surface area contributed by atoms with Gasteiger partial charge in [0.15, 0.2) is 0 Å². The lowest BCUT2D eigenvalue weighted by molar-refractivity contribution is -0.127. The van der Waals surface area contributed by atoms with Crippen LogP contribution in [0.4, 0.5) is 5.69 Å². The van der Waals surface area contributed by atoms with Gasteiger partial charge in [-0.2, -0.15) is 0 Å². The van der Waals surface area contributed by atoms with Crippen molar-refractivity contribution in [1.82, 2.24) is 5.32 Å². The van der Waals surface area contributed by atoms with E-state index in [1.54, 1.807) is 12.0 Å². The number of rotatable bonds is 6. The second kappa shape index (κ2) is 7.83. The predicted octanol–water partition coefficient (Wildman–Crippen LogP) is 2.33. The van der Waals surface area contributed by atoms with Gasteiger partial charge in [0.25, 0.3) is 0 Å². The van der Waals surface area contributed by atoms with E-state index in [1.165, 1.54) is 0 Å². The van der Waals surface area contributed by atoms with Crippen LogP contribution in [0.25, 0.3) is 0 Å². The van der Waals surface area contributed by atoms with E-state index in [1.807, 2.05) is 48.5 Å². The maximum atomic E-state index is 12.4. The molecule has 0 aromatic heterocycles. The lowest BCUT2D eigenvalue weighted by atomic mass is 10.1. The smallest absolute Gasteiger partial charge is 0.236 e. The van der Waals surface area contributed by atoms with Crippen LogP contribution in [0.3, 0.4) is 0 Å². The highest BCUT2D eigenvalue weighted by Gasteiger charge is 2.25. The third kappa shape index (κ3) is 4.18. The molecule has 0 bridgehead atoms. The van der Waals surface area contributed by atoms with E-state index in [0.29, 0.717) is 19.5 Å². The van der Waals surface area contributed by atoms with Crippen LogP contribution in [0.2, 0.25) is 0 Å². The molecule has 0 atom stereocenters. The van der Waals surface area contributed by atoms with E-state index in [-0.39, 0.29) is 18.2 Å². The molecule has 5 nitrogen and oxygen atoms in total. The highest BCUT2D eigenvalue weighted by atomic mass is 16.5. The molecule has 1 aliphatic heterocycles. The van der Waals surface area contributed by atoms with Gasteiger partial charge in [-0.05, 0) is 42.2 Å². The van der Waals surface area contributed by atoms with E-state index in [2.05, 4.69) is 5.32 Å². The van der Waals surface area contributed by atoms with Crippen molar-refractivity contribution in [3.63, 3.8) is 0 Å². The molecule has 0 saturated carbocycles. The van der Waals surface area contributed by atoms with Crippen LogP contribution >= 0.6 is 0 Å². The lowest BCUT2D eigenvalue weighted by Gasteiger charge is -2.17. The molecular weight excluding hydrogens is 316 g/mol. The quantitative estimate of drug-likeness (QED) is 0.823. The van der Waals surface area contributed by atoms with Gasteiger partial charge >= 0.3 is 0 Å². The van der Waals surface area contributed by atoms with Gasteiger partial charge in [0.2, 0.25) is 11.8 Å². The summed E-state index contributed by atoms with van der Waals surface area (Å²) < 4.78 is 5.18. The van der Waals surface area contributed by atoms with Gasteiger partial charge in [0, 0.05) is 18.8 Å². The minimum Gasteiger partial charge on any atom is -0.497 e. The molecule has 5 heteroatoms. The zero-order chi connectivity index (χ0) is 17.6. The average molecular weight is 338 g/mol. The van der Waals surface area contributed by atoms with Crippen LogP contribution in [0, 0.1) is 0 Å². The van der Waals surface area contributed by atoms with Crippen LogP contribution in [0.1, 0.15) is 17.5 Å². The number of anilines is 1. The van der Waals surface area contributed by atoms with Gasteiger partial charge < -0.3 is 15.0 Å². The summed E-state index contributed by atoms with van der Waals surface area (Å²) >= 11 is 0. The lowest BCUT2D eigenvalue weighted by Crippen LogP contribution is -2.35. The molecule has 2 amide bonds. The second-order valence-corrected chi connectivity index (χ2v) is 6.05. The molecule has 1 aliphatic rings. The Labute approximate surface area is 147 Å². The molecule has 1 N–H and O–H groups in total. The zero-order valence-corrected chi connectivity index (χ0v) is 14.3. The van der Waals surface area contributed by atoms with Gasteiger partial charge in [-0.15, -0.1) is 0 Å². The minimum atomic E-state index is -0.239. The number of nitrogens with zero attached hydrogens (tertiary/aromatic N) is 1. The van der Waals surface area contributed by atoms with E-state index >= 15 is 0 Å². The predicted molar refractivity (Wildman–Crippen MR) is 96.8 cm³/mol. The molecule has 0 unspecified atom stereocenters. The number of para-hydroxylation sites is 1. The first-order valence-electron chi connectivity index (χ1n) is 8.45. The Bertz CT molecular complexity index is 773. The van der Waals surface area contributed by atoms with Gasteiger partial charge in [-0.3, -0.25) is 9.59 Å². The molecular formula is C20H22N2O3. The topological polar surface area (TPSA) is 58.6 Å². The molecule has 0 fully saturated rings. The largest absolute Gasteiger partial charge is 0.497 e. The van der Waals surface area contributed by atoms with E-state index in [4.69, 9.17) is 4.74 Å². The molecule has 3 rings (SSSR count). The maximum absolute atomic E-state index is 12.4. The van der Waals surface area contributed by atoms with Crippen LogP contribution < -0.4 is 15.0 Å². The summed E-state index contributed by atoms with van der Waals surface area (Å²) in [6, 6.07) is 15.6. The molecule has 2 aromatic rings. The number of carbonyl (C=O) groups excluding carboxylic acids is 2. The number of methoxy groups -OCH3 is 1. The fourth-order valence-electron chi connectivity index (χ4n) is 3.07. The molecule has 130 valence electrons. The van der Waals surface area contributed by atoms with Crippen molar-refractivity contribution in [2.24, 2.45) is 0 Å². The Morgan fingerprint density at radius 1 is 1.16 bits per heavy atom. The number of fused-ring (bicyclic) bond motifs is 1. The van der Waals surface area contributed by atoms with Gasteiger partial charge in [-0.25, -0.2) is 0 Å². The summed E-state index contributed by atoms with van der Waals surface area (Å²) in [5.74, 6) is 0.410. The standard InChI is InChI=1S/C20H22N2O3/c1-25-17-7-4-5-15(13-17)9-11-21-19(23)14-20(24)22-12-10-16-6-2-3-8-18(16)22/h2-8,13H,9-12,14H2,1H3,(H,21,23). The van der Waals surface area contributed by atoms with Crippen molar-refractivity contribution in [2.45, 2.75) is 19.3 Å². The van der Waals surface area contributed by atoms with E-state index < -0.39 is 0 Å². The molecule has 0 radical (unpaired) electrons. The first-order valence-corrected chi connectivity index (χ1v) is 8.45. The summed E-state index contributed by atoms with van der Waals surface area (Å²) in [7, 11) is 1.63. The maximum Gasteiger partial charge on any atom is 0.236 e. The van der Waals surface area contributed by atoms with Crippen molar-refractivity contribution in [1.29, 1.82) is 0 Å². The highest BCUT2D eigenvalue weighted by Crippen LogP contribution is 2.27. The summed E-state index contributed by atoms with van der Waals surface area (Å²) in [6.45, 7) is 1.14. The average Bonchev–Trinajstić information content (AvgIpc) is 3.06. The van der Waals surface area contributed by atoms with Crippen LogP contribution in [0.5, 0.6) is 5.75 Å². The van der Waals surface area contributed by atoms with Crippen LogP contribution in [-0.4, -0.2) is 32.0 Å². The number of nitrogens with one attached hydrogen (secondary N) is 1. The SMILES string of the molecule is COc1cccc(CCNC(=O)CC(=O)N2CCc3ccccc32)c1. The van der Waals surface area contributed by atoms with E-state index in [9.17, 15) is 9.59 Å². The molecule has 2 aromatic carbocycles. The molecule has 0 aliphatic carbocycles. The van der Waals surface area contributed by atoms with Crippen molar-refractivity contribution in [2.75, 3.05) is 25.1 Å². The fourth-order valence-corrected chi connectivity index (χ4v) is 3.07. The summed E-state index contributed by atoms with van der Waals surface area (Å²) in [5.41, 5.74) is 3.17. The highest BCUT2D eigenvalue weighted by molar-refractivity contribution is 6.05. The number of amides is 2. The summed E-state index contributed by atoms with van der Waals surface area (Å²) in [6.07, 6.45) is 1.43. The van der Waals surface area contributed by atoms with Crippen LogP contribution in [-0.2, 0) is 22.4 Å². The van der Waals surface area contributed by atoms with Gasteiger partial charge in [0.05, 0.1) is 7.11 Å². The van der Waals surface area contributed by atoms with Gasteiger partial charge in [0.1, 0.15) is 12.2 Å². The number of benzene rings is 2. The Morgan fingerprint density at radius 3 is 2.84 bits per heavy atom. The monoisotopic (exact) mass is 338 g/mol. The van der Waals surface area contributed by atoms with E-state index in [0.717, 1.165) is 29.0 Å². The first-order chi connectivity index (χ1) is 12.2. The number of hydrogen-bond acceptors (Lipinski definition) is 3. The van der Waals surface area contributed by atoms with Crippen molar-refractivity contribution in [3.05, 3.63) is 59.7 Å². The Balaban J connectivity index is 1.47. The zero-order valence-electron chi connectivity index (χ0n) is 14.3. The molecule has 1 heterocycles. The first kappa shape index (κ1) is 17.0. The molecule has 0 saturated heterocycles. The van der Waals surface area contributed by atoms with Crippen LogP contribution in [0.15, 0.2) is 48.5 Å². The summed E-state index contributed by atoms with van der Waals surface area (Å²) in [4.78, 5) is 26.1. The van der Waals surface area contributed by atoms with Crippen molar-refractivity contribution >= 4 is 17.5 Å². The molecule has 0 spiro atoms. The van der Waals surface area contributed by atoms with Crippen molar-refractivity contribution < 1.29 is 14.3 Å². The van der Waals surface area contributed by atoms with Crippen molar-refractivity contribution in [3.8, 4) is 5.75 Å². The normalized spacial score (nSPS) is 12.6.